The van der Waals surface area contributed by atoms with E-state index in [1.54, 1.807) is 25.3 Å². The second kappa shape index (κ2) is 10.7. The number of nitrogens with zero attached hydrogens (tertiary/aromatic N) is 1. The third-order valence-corrected chi connectivity index (χ3v) is 6.92. The van der Waals surface area contributed by atoms with Gasteiger partial charge in [-0.3, -0.25) is 9.59 Å². The molecular weight excluding hydrogens is 414 g/mol. The number of rotatable bonds is 6. The van der Waals surface area contributed by atoms with Gasteiger partial charge in [0.05, 0.1) is 18.2 Å². The molecule has 0 spiro atoms. The summed E-state index contributed by atoms with van der Waals surface area (Å²) in [6, 6.07) is 13.0. The van der Waals surface area contributed by atoms with Crippen molar-refractivity contribution in [3.63, 3.8) is 0 Å². The maximum Gasteiger partial charge on any atom is 0.259 e. The predicted molar refractivity (Wildman–Crippen MR) is 132 cm³/mol. The monoisotopic (exact) mass is 449 g/mol. The molecule has 6 nitrogen and oxygen atoms in total. The van der Waals surface area contributed by atoms with Crippen LogP contribution in [-0.2, 0) is 0 Å². The van der Waals surface area contributed by atoms with Crippen LogP contribution < -0.4 is 20.3 Å². The van der Waals surface area contributed by atoms with Crippen molar-refractivity contribution in [3.05, 3.63) is 53.6 Å². The minimum absolute atomic E-state index is 0.0519. The van der Waals surface area contributed by atoms with Crippen molar-refractivity contribution >= 4 is 23.2 Å². The van der Waals surface area contributed by atoms with E-state index >= 15 is 0 Å². The quantitative estimate of drug-likeness (QED) is 0.632. The van der Waals surface area contributed by atoms with Gasteiger partial charge in [0, 0.05) is 30.5 Å². The van der Waals surface area contributed by atoms with Gasteiger partial charge in [0.1, 0.15) is 5.75 Å². The largest absolute Gasteiger partial charge is 0.496 e. The van der Waals surface area contributed by atoms with Crippen LogP contribution >= 0.6 is 0 Å². The summed E-state index contributed by atoms with van der Waals surface area (Å²) in [5.74, 6) is 0.916. The third kappa shape index (κ3) is 5.67. The number of nitrogens with one attached hydrogen (secondary N) is 2. The zero-order valence-corrected chi connectivity index (χ0v) is 19.7. The fourth-order valence-electron chi connectivity index (χ4n) is 4.86. The summed E-state index contributed by atoms with van der Waals surface area (Å²) in [7, 11) is 1.55. The molecule has 2 aliphatic rings. The first-order valence-electron chi connectivity index (χ1n) is 12.2. The lowest BCUT2D eigenvalue weighted by Crippen LogP contribution is -2.38. The lowest BCUT2D eigenvalue weighted by Gasteiger charge is -2.34. The average molecular weight is 450 g/mol. The highest BCUT2D eigenvalue weighted by Crippen LogP contribution is 2.30. The van der Waals surface area contributed by atoms with E-state index in [0.717, 1.165) is 57.3 Å². The Morgan fingerprint density at radius 1 is 0.909 bits per heavy atom. The normalized spacial score (nSPS) is 17.5. The van der Waals surface area contributed by atoms with E-state index < -0.39 is 0 Å². The van der Waals surface area contributed by atoms with Crippen LogP contribution in [0.1, 0.15) is 72.6 Å². The van der Waals surface area contributed by atoms with Gasteiger partial charge in [-0.15, -0.1) is 0 Å². The molecule has 1 heterocycles. The number of hydrogen-bond acceptors (Lipinski definition) is 4. The van der Waals surface area contributed by atoms with E-state index in [-0.39, 0.29) is 17.9 Å². The fraction of sp³-hybridized carbons (Fsp3) is 0.481. The van der Waals surface area contributed by atoms with Crippen molar-refractivity contribution in [3.8, 4) is 5.75 Å². The van der Waals surface area contributed by atoms with E-state index in [0.29, 0.717) is 28.5 Å². The van der Waals surface area contributed by atoms with Crippen molar-refractivity contribution in [2.24, 2.45) is 5.92 Å². The number of carbonyl (C=O) groups is 2. The summed E-state index contributed by atoms with van der Waals surface area (Å²) in [5.41, 5.74) is 2.65. The first kappa shape index (κ1) is 23.1. The number of hydrogen-bond donors (Lipinski definition) is 2. The third-order valence-electron chi connectivity index (χ3n) is 6.92. The van der Waals surface area contributed by atoms with Crippen molar-refractivity contribution in [2.75, 3.05) is 30.4 Å². The summed E-state index contributed by atoms with van der Waals surface area (Å²) in [5, 5.41) is 6.21. The topological polar surface area (TPSA) is 70.7 Å². The van der Waals surface area contributed by atoms with E-state index in [1.807, 2.05) is 24.3 Å². The predicted octanol–water partition coefficient (Wildman–Crippen LogP) is 5.25. The SMILES string of the molecule is COc1ccccc1C(=O)Nc1ccc(N2CCC(C)CC2)c(C(=O)NC2CCCCC2)c1. The molecule has 1 saturated heterocycles. The number of methoxy groups -OCH3 is 1. The molecule has 2 amide bonds. The molecule has 2 aromatic rings. The lowest BCUT2D eigenvalue weighted by molar-refractivity contribution is 0.0927. The molecular formula is C27H35N3O3. The molecule has 2 fully saturated rings. The minimum Gasteiger partial charge on any atom is -0.496 e. The van der Waals surface area contributed by atoms with Gasteiger partial charge >= 0.3 is 0 Å². The van der Waals surface area contributed by atoms with E-state index in [4.69, 9.17) is 4.74 Å². The molecule has 0 aromatic heterocycles. The van der Waals surface area contributed by atoms with Crippen LogP contribution in [0.15, 0.2) is 42.5 Å². The van der Waals surface area contributed by atoms with E-state index in [2.05, 4.69) is 22.5 Å². The molecule has 0 bridgehead atoms. The second-order valence-electron chi connectivity index (χ2n) is 9.36. The Labute approximate surface area is 196 Å². The number of ether oxygens (including phenoxy) is 1. The number of carbonyl (C=O) groups excluding carboxylic acids is 2. The molecule has 2 N–H and O–H groups in total. The van der Waals surface area contributed by atoms with Gasteiger partial charge < -0.3 is 20.3 Å². The van der Waals surface area contributed by atoms with Gasteiger partial charge in [0.2, 0.25) is 0 Å². The molecule has 4 rings (SSSR count). The Bertz CT molecular complexity index is 976. The van der Waals surface area contributed by atoms with Crippen LogP contribution in [0.2, 0.25) is 0 Å². The summed E-state index contributed by atoms with van der Waals surface area (Å²) in [6.45, 7) is 4.17. The van der Waals surface area contributed by atoms with Gasteiger partial charge in [0.25, 0.3) is 11.8 Å². The lowest BCUT2D eigenvalue weighted by atomic mass is 9.95. The van der Waals surface area contributed by atoms with Gasteiger partial charge in [-0.25, -0.2) is 0 Å². The average Bonchev–Trinajstić information content (AvgIpc) is 2.85. The van der Waals surface area contributed by atoms with Gasteiger partial charge in [0.15, 0.2) is 0 Å². The number of amides is 2. The molecule has 176 valence electrons. The van der Waals surface area contributed by atoms with Crippen LogP contribution in [-0.4, -0.2) is 38.1 Å². The number of para-hydroxylation sites is 1. The Balaban J connectivity index is 1.58. The Kier molecular flexibility index (Phi) is 7.53. The standard InChI is InChI=1S/C27H35N3O3/c1-19-14-16-30(17-15-19)24-13-12-21(29-26(31)22-10-6-7-11-25(22)33-2)18-23(24)27(32)28-20-8-4-3-5-9-20/h6-7,10-13,18-20H,3-5,8-9,14-17H2,1-2H3,(H,28,32)(H,29,31). The minimum atomic E-state index is -0.259. The molecule has 33 heavy (non-hydrogen) atoms. The van der Waals surface area contributed by atoms with E-state index in [9.17, 15) is 9.59 Å². The first-order valence-corrected chi connectivity index (χ1v) is 12.2. The van der Waals surface area contributed by atoms with Crippen LogP contribution in [0.3, 0.4) is 0 Å². The first-order chi connectivity index (χ1) is 16.0. The van der Waals surface area contributed by atoms with E-state index in [1.165, 1.54) is 6.42 Å². The summed E-state index contributed by atoms with van der Waals surface area (Å²) >= 11 is 0. The molecule has 6 heteroatoms. The fourth-order valence-corrected chi connectivity index (χ4v) is 4.86. The maximum absolute atomic E-state index is 13.4. The van der Waals surface area contributed by atoms with Crippen molar-refractivity contribution in [1.82, 2.24) is 5.32 Å². The zero-order valence-electron chi connectivity index (χ0n) is 19.7. The Morgan fingerprint density at radius 3 is 2.36 bits per heavy atom. The smallest absolute Gasteiger partial charge is 0.259 e. The summed E-state index contributed by atoms with van der Waals surface area (Å²) in [4.78, 5) is 28.6. The van der Waals surface area contributed by atoms with Crippen LogP contribution in [0.25, 0.3) is 0 Å². The molecule has 0 radical (unpaired) electrons. The van der Waals surface area contributed by atoms with Crippen LogP contribution in [0.5, 0.6) is 5.75 Å². The highest BCUT2D eigenvalue weighted by Gasteiger charge is 2.24. The van der Waals surface area contributed by atoms with Crippen LogP contribution in [0, 0.1) is 5.92 Å². The second-order valence-corrected chi connectivity index (χ2v) is 9.36. The van der Waals surface area contributed by atoms with Crippen LogP contribution in [0.4, 0.5) is 11.4 Å². The van der Waals surface area contributed by atoms with Crippen molar-refractivity contribution < 1.29 is 14.3 Å². The highest BCUT2D eigenvalue weighted by molar-refractivity contribution is 6.07. The van der Waals surface area contributed by atoms with Crippen molar-refractivity contribution in [2.45, 2.75) is 57.9 Å². The Morgan fingerprint density at radius 2 is 1.64 bits per heavy atom. The molecule has 0 unspecified atom stereocenters. The number of anilines is 2. The zero-order chi connectivity index (χ0) is 23.2. The van der Waals surface area contributed by atoms with Gasteiger partial charge in [-0.2, -0.15) is 0 Å². The number of piperidine rings is 1. The van der Waals surface area contributed by atoms with Gasteiger partial charge in [-0.1, -0.05) is 38.3 Å². The molecule has 0 atom stereocenters. The molecule has 1 saturated carbocycles. The Hall–Kier alpha value is -3.02. The number of benzene rings is 2. The molecule has 2 aromatic carbocycles. The maximum atomic E-state index is 13.4. The van der Waals surface area contributed by atoms with Crippen molar-refractivity contribution in [1.29, 1.82) is 0 Å². The summed E-state index contributed by atoms with van der Waals surface area (Å²) in [6.07, 6.45) is 7.88. The van der Waals surface area contributed by atoms with Gasteiger partial charge in [-0.05, 0) is 61.9 Å². The molecule has 1 aliphatic heterocycles. The highest BCUT2D eigenvalue weighted by atomic mass is 16.5. The summed E-state index contributed by atoms with van der Waals surface area (Å²) < 4.78 is 5.33. The molecule has 1 aliphatic carbocycles.